The van der Waals surface area contributed by atoms with Gasteiger partial charge >= 0.3 is 0 Å². The summed E-state index contributed by atoms with van der Waals surface area (Å²) in [6.45, 7) is -0.294. The summed E-state index contributed by atoms with van der Waals surface area (Å²) in [5.74, 6) is 0. The smallest absolute Gasteiger partial charge is 0.186 e. The molecule has 90 valence electrons. The second-order valence-corrected chi connectivity index (χ2v) is 3.35. The second-order valence-electron chi connectivity index (χ2n) is 3.35. The number of rotatable bonds is 4. The fourth-order valence-corrected chi connectivity index (χ4v) is 1.75. The van der Waals surface area contributed by atoms with E-state index in [4.69, 9.17) is 24.1 Å². The Balaban J connectivity index is 2.78. The monoisotopic (exact) mass is 222 g/mol. The summed E-state index contributed by atoms with van der Waals surface area (Å²) >= 11 is 0. The molecule has 1 fully saturated rings. The molecule has 5 atom stereocenters. The molecule has 6 heteroatoms. The predicted molar refractivity (Wildman–Crippen MR) is 50.4 cm³/mol. The number of aliphatic hydroxyl groups excluding tert-OH is 2. The standard InChI is InChI=1S/C9H18O6/c1-12-7-6(11)5(4-10)15-9(14-3)8(7)13-2/h5-11H,4H2,1-3H3/t5-,6+,7+,8-,9?/m1/s1. The Kier molecular flexibility index (Phi) is 4.91. The lowest BCUT2D eigenvalue weighted by molar-refractivity contribution is -0.303. The van der Waals surface area contributed by atoms with Gasteiger partial charge in [-0.25, -0.2) is 0 Å². The van der Waals surface area contributed by atoms with Gasteiger partial charge < -0.3 is 29.2 Å². The Hall–Kier alpha value is -0.240. The molecule has 1 rings (SSSR count). The van der Waals surface area contributed by atoms with E-state index in [0.29, 0.717) is 0 Å². The topological polar surface area (TPSA) is 77.4 Å². The van der Waals surface area contributed by atoms with Crippen LogP contribution < -0.4 is 0 Å². The number of aliphatic hydroxyl groups is 2. The summed E-state index contributed by atoms with van der Waals surface area (Å²) < 4.78 is 20.6. The highest BCUT2D eigenvalue weighted by Gasteiger charge is 2.45. The molecule has 1 aliphatic heterocycles. The lowest BCUT2D eigenvalue weighted by Crippen LogP contribution is -2.60. The fourth-order valence-electron chi connectivity index (χ4n) is 1.75. The third kappa shape index (κ3) is 2.47. The van der Waals surface area contributed by atoms with Crippen LogP contribution >= 0.6 is 0 Å². The second kappa shape index (κ2) is 5.74. The van der Waals surface area contributed by atoms with Gasteiger partial charge in [0.05, 0.1) is 6.61 Å². The Morgan fingerprint density at radius 3 is 2.07 bits per heavy atom. The first-order valence-electron chi connectivity index (χ1n) is 4.72. The van der Waals surface area contributed by atoms with Crippen molar-refractivity contribution in [1.82, 2.24) is 0 Å². The van der Waals surface area contributed by atoms with Gasteiger partial charge in [0.15, 0.2) is 6.29 Å². The molecule has 2 N–H and O–H groups in total. The van der Waals surface area contributed by atoms with Crippen LogP contribution in [-0.2, 0) is 18.9 Å². The van der Waals surface area contributed by atoms with E-state index < -0.39 is 30.7 Å². The van der Waals surface area contributed by atoms with Crippen LogP contribution in [0.3, 0.4) is 0 Å². The maximum absolute atomic E-state index is 9.80. The molecule has 1 saturated heterocycles. The number of ether oxygens (including phenoxy) is 4. The lowest BCUT2D eigenvalue weighted by atomic mass is 9.99. The molecule has 0 aromatic heterocycles. The minimum Gasteiger partial charge on any atom is -0.394 e. The van der Waals surface area contributed by atoms with Gasteiger partial charge in [0.2, 0.25) is 0 Å². The van der Waals surface area contributed by atoms with Crippen LogP contribution in [-0.4, -0.2) is 68.9 Å². The molecule has 0 saturated carbocycles. The van der Waals surface area contributed by atoms with E-state index in [9.17, 15) is 5.11 Å². The Labute approximate surface area is 88.7 Å². The van der Waals surface area contributed by atoms with Crippen molar-refractivity contribution in [2.75, 3.05) is 27.9 Å². The van der Waals surface area contributed by atoms with E-state index in [1.807, 2.05) is 0 Å². The average molecular weight is 222 g/mol. The van der Waals surface area contributed by atoms with Crippen molar-refractivity contribution >= 4 is 0 Å². The molecule has 1 unspecified atom stereocenters. The molecule has 0 radical (unpaired) electrons. The molecule has 0 amide bonds. The van der Waals surface area contributed by atoms with Gasteiger partial charge in [0.25, 0.3) is 0 Å². The maximum Gasteiger partial charge on any atom is 0.186 e. The third-order valence-corrected chi connectivity index (χ3v) is 2.58. The zero-order valence-corrected chi connectivity index (χ0v) is 9.12. The van der Waals surface area contributed by atoms with Crippen LogP contribution in [0, 0.1) is 0 Å². The van der Waals surface area contributed by atoms with Crippen molar-refractivity contribution in [2.24, 2.45) is 0 Å². The van der Waals surface area contributed by atoms with Crippen molar-refractivity contribution in [1.29, 1.82) is 0 Å². The van der Waals surface area contributed by atoms with Gasteiger partial charge in [-0.15, -0.1) is 0 Å². The van der Waals surface area contributed by atoms with Gasteiger partial charge in [-0.2, -0.15) is 0 Å². The average Bonchev–Trinajstić information content (AvgIpc) is 2.28. The minimum atomic E-state index is -0.934. The lowest BCUT2D eigenvalue weighted by Gasteiger charge is -2.42. The normalized spacial score (nSPS) is 41.8. The van der Waals surface area contributed by atoms with Gasteiger partial charge in [0.1, 0.15) is 24.4 Å². The Morgan fingerprint density at radius 2 is 1.67 bits per heavy atom. The van der Waals surface area contributed by atoms with Crippen LogP contribution in [0.15, 0.2) is 0 Å². The van der Waals surface area contributed by atoms with Crippen LogP contribution in [0.25, 0.3) is 0 Å². The molecule has 0 aliphatic carbocycles. The molecular formula is C9H18O6. The summed E-state index contributed by atoms with van der Waals surface area (Å²) in [5, 5.41) is 18.8. The number of methoxy groups -OCH3 is 3. The largest absolute Gasteiger partial charge is 0.394 e. The molecule has 15 heavy (non-hydrogen) atoms. The zero-order valence-electron chi connectivity index (χ0n) is 9.12. The molecule has 6 nitrogen and oxygen atoms in total. The van der Waals surface area contributed by atoms with Gasteiger partial charge in [-0.1, -0.05) is 0 Å². The summed E-state index contributed by atoms with van der Waals surface area (Å²) in [6, 6.07) is 0. The van der Waals surface area contributed by atoms with Crippen molar-refractivity contribution in [2.45, 2.75) is 30.7 Å². The highest BCUT2D eigenvalue weighted by atomic mass is 16.7. The quantitative estimate of drug-likeness (QED) is 0.618. The van der Waals surface area contributed by atoms with Gasteiger partial charge in [0, 0.05) is 21.3 Å². The van der Waals surface area contributed by atoms with E-state index in [0.717, 1.165) is 0 Å². The van der Waals surface area contributed by atoms with E-state index in [1.165, 1.54) is 21.3 Å². The summed E-state index contributed by atoms with van der Waals surface area (Å²) in [6.07, 6.45) is -3.40. The SMILES string of the molecule is COC1O[C@H](CO)[C@H](O)[C@H](OC)[C@H]1OC. The third-order valence-electron chi connectivity index (χ3n) is 2.58. The van der Waals surface area contributed by atoms with E-state index in [-0.39, 0.29) is 6.61 Å². The molecule has 0 aromatic carbocycles. The van der Waals surface area contributed by atoms with Crippen LogP contribution in [0.5, 0.6) is 0 Å². The Morgan fingerprint density at radius 1 is 1.07 bits per heavy atom. The predicted octanol–water partition coefficient (Wildman–Crippen LogP) is -1.26. The van der Waals surface area contributed by atoms with Crippen molar-refractivity contribution in [3.63, 3.8) is 0 Å². The first-order valence-corrected chi connectivity index (χ1v) is 4.72. The highest BCUT2D eigenvalue weighted by Crippen LogP contribution is 2.25. The molecule has 0 aromatic rings. The van der Waals surface area contributed by atoms with Gasteiger partial charge in [-0.05, 0) is 0 Å². The summed E-state index contributed by atoms with van der Waals surface area (Å²) in [4.78, 5) is 0. The number of hydrogen-bond acceptors (Lipinski definition) is 6. The van der Waals surface area contributed by atoms with E-state index >= 15 is 0 Å². The van der Waals surface area contributed by atoms with Gasteiger partial charge in [-0.3, -0.25) is 0 Å². The zero-order chi connectivity index (χ0) is 11.4. The molecule has 0 spiro atoms. The Bertz CT molecular complexity index is 187. The van der Waals surface area contributed by atoms with E-state index in [1.54, 1.807) is 0 Å². The summed E-state index contributed by atoms with van der Waals surface area (Å²) in [7, 11) is 4.42. The van der Waals surface area contributed by atoms with Crippen LogP contribution in [0.2, 0.25) is 0 Å². The maximum atomic E-state index is 9.80. The number of hydrogen-bond donors (Lipinski definition) is 2. The molecule has 1 heterocycles. The molecule has 1 aliphatic rings. The van der Waals surface area contributed by atoms with Crippen LogP contribution in [0.1, 0.15) is 0 Å². The van der Waals surface area contributed by atoms with E-state index in [2.05, 4.69) is 0 Å². The fraction of sp³-hybridized carbons (Fsp3) is 1.00. The summed E-state index contributed by atoms with van der Waals surface area (Å²) in [5.41, 5.74) is 0. The van der Waals surface area contributed by atoms with Crippen LogP contribution in [0.4, 0.5) is 0 Å². The highest BCUT2D eigenvalue weighted by molar-refractivity contribution is 4.90. The van der Waals surface area contributed by atoms with Crippen molar-refractivity contribution in [3.8, 4) is 0 Å². The first-order chi connectivity index (χ1) is 7.19. The minimum absolute atomic E-state index is 0.294. The van der Waals surface area contributed by atoms with Crippen molar-refractivity contribution in [3.05, 3.63) is 0 Å². The van der Waals surface area contributed by atoms with Crippen molar-refractivity contribution < 1.29 is 29.2 Å². The molecular weight excluding hydrogens is 204 g/mol. The first kappa shape index (κ1) is 12.8. The molecule has 0 bridgehead atoms.